The summed E-state index contributed by atoms with van der Waals surface area (Å²) in [5.74, 6) is -0.230. The molecular formula is C18H23FN2O2. The van der Waals surface area contributed by atoms with Crippen LogP contribution in [0.15, 0.2) is 24.3 Å². The lowest BCUT2D eigenvalue weighted by Crippen LogP contribution is -2.37. The van der Waals surface area contributed by atoms with Crippen molar-refractivity contribution in [2.75, 3.05) is 31.2 Å². The highest BCUT2D eigenvalue weighted by Crippen LogP contribution is 2.30. The van der Waals surface area contributed by atoms with Crippen LogP contribution in [0.1, 0.15) is 25.0 Å². The largest absolute Gasteiger partial charge is 0.396 e. The molecule has 0 amide bonds. The second kappa shape index (κ2) is 7.23. The Morgan fingerprint density at radius 1 is 1.30 bits per heavy atom. The number of aliphatic hydroxyl groups excluding tert-OH is 1. The summed E-state index contributed by atoms with van der Waals surface area (Å²) in [6.07, 6.45) is 2.84. The average Bonchev–Trinajstić information content (AvgIpc) is 2.55. The highest BCUT2D eigenvalue weighted by atomic mass is 19.1. The predicted octanol–water partition coefficient (Wildman–Crippen LogP) is 3.05. The summed E-state index contributed by atoms with van der Waals surface area (Å²) in [6.45, 7) is 4.53. The van der Waals surface area contributed by atoms with Gasteiger partial charge in [0.15, 0.2) is 0 Å². The van der Waals surface area contributed by atoms with E-state index in [2.05, 4.69) is 9.88 Å². The van der Waals surface area contributed by atoms with Crippen LogP contribution in [0, 0.1) is 12.7 Å². The number of rotatable bonds is 5. The number of benzene rings is 1. The lowest BCUT2D eigenvalue weighted by molar-refractivity contribution is 0.0294. The van der Waals surface area contributed by atoms with Crippen LogP contribution >= 0.6 is 0 Å². The maximum Gasteiger partial charge on any atom is 0.124 e. The minimum absolute atomic E-state index is 0.173. The van der Waals surface area contributed by atoms with Gasteiger partial charge in [-0.15, -0.1) is 0 Å². The second-order valence-corrected chi connectivity index (χ2v) is 6.08. The number of aromatic nitrogens is 1. The van der Waals surface area contributed by atoms with Gasteiger partial charge in [0.2, 0.25) is 0 Å². The van der Waals surface area contributed by atoms with Gasteiger partial charge in [-0.3, -0.25) is 4.98 Å². The van der Waals surface area contributed by atoms with Crippen LogP contribution in [0.4, 0.5) is 10.1 Å². The zero-order valence-electron chi connectivity index (χ0n) is 13.5. The summed E-state index contributed by atoms with van der Waals surface area (Å²) in [7, 11) is 0. The summed E-state index contributed by atoms with van der Waals surface area (Å²) < 4.78 is 19.4. The number of halogens is 1. The second-order valence-electron chi connectivity index (χ2n) is 6.08. The molecule has 23 heavy (non-hydrogen) atoms. The summed E-state index contributed by atoms with van der Waals surface area (Å²) in [4.78, 5) is 6.79. The van der Waals surface area contributed by atoms with Gasteiger partial charge in [0.1, 0.15) is 5.82 Å². The van der Waals surface area contributed by atoms with E-state index in [9.17, 15) is 4.39 Å². The highest BCUT2D eigenvalue weighted by Gasteiger charge is 2.21. The zero-order chi connectivity index (χ0) is 16.2. The van der Waals surface area contributed by atoms with Crippen molar-refractivity contribution >= 4 is 16.6 Å². The van der Waals surface area contributed by atoms with Crippen molar-refractivity contribution in [3.63, 3.8) is 0 Å². The first-order valence-corrected chi connectivity index (χ1v) is 8.21. The summed E-state index contributed by atoms with van der Waals surface area (Å²) in [5.41, 5.74) is 2.84. The highest BCUT2D eigenvalue weighted by molar-refractivity contribution is 5.92. The van der Waals surface area contributed by atoms with Crippen molar-refractivity contribution in [2.45, 2.75) is 32.3 Å². The lowest BCUT2D eigenvalue weighted by Gasteiger charge is -2.34. The van der Waals surface area contributed by atoms with Crippen molar-refractivity contribution in [3.8, 4) is 0 Å². The Bertz CT molecular complexity index is 669. The molecule has 1 aliphatic heterocycles. The van der Waals surface area contributed by atoms with Crippen molar-refractivity contribution in [1.29, 1.82) is 0 Å². The van der Waals surface area contributed by atoms with Crippen LogP contribution in [-0.4, -0.2) is 42.5 Å². The van der Waals surface area contributed by atoms with Crippen LogP contribution in [0.25, 0.3) is 10.9 Å². The molecule has 1 saturated heterocycles. The molecule has 1 N–H and O–H groups in total. The summed E-state index contributed by atoms with van der Waals surface area (Å²) in [5, 5.41) is 9.68. The third-order valence-corrected chi connectivity index (χ3v) is 4.32. The molecule has 3 rings (SSSR count). The average molecular weight is 318 g/mol. The van der Waals surface area contributed by atoms with E-state index in [0.29, 0.717) is 13.0 Å². The lowest BCUT2D eigenvalue weighted by atomic mass is 10.0. The maximum absolute atomic E-state index is 13.6. The van der Waals surface area contributed by atoms with Gasteiger partial charge in [-0.05, 0) is 50.5 Å². The number of anilines is 1. The van der Waals surface area contributed by atoms with E-state index in [1.807, 2.05) is 13.0 Å². The molecule has 4 nitrogen and oxygen atoms in total. The number of pyridine rings is 1. The van der Waals surface area contributed by atoms with E-state index in [-0.39, 0.29) is 18.5 Å². The molecule has 124 valence electrons. The fraction of sp³-hybridized carbons (Fsp3) is 0.500. The number of ether oxygens (including phenoxy) is 1. The van der Waals surface area contributed by atoms with Gasteiger partial charge in [-0.25, -0.2) is 4.39 Å². The SMILES string of the molecule is Cc1cc(N2CCC(OCCCO)CC2)c2cc(F)ccc2n1. The summed E-state index contributed by atoms with van der Waals surface area (Å²) >= 11 is 0. The molecule has 2 aromatic rings. The van der Waals surface area contributed by atoms with Crippen molar-refractivity contribution in [2.24, 2.45) is 0 Å². The van der Waals surface area contributed by atoms with E-state index >= 15 is 0 Å². The Morgan fingerprint density at radius 2 is 2.09 bits per heavy atom. The fourth-order valence-corrected chi connectivity index (χ4v) is 3.15. The van der Waals surface area contributed by atoms with Crippen molar-refractivity contribution in [1.82, 2.24) is 4.98 Å². The minimum atomic E-state index is -0.230. The molecular weight excluding hydrogens is 295 g/mol. The molecule has 0 atom stereocenters. The van der Waals surface area contributed by atoms with Gasteiger partial charge in [0.05, 0.1) is 11.6 Å². The Morgan fingerprint density at radius 3 is 2.83 bits per heavy atom. The first kappa shape index (κ1) is 16.1. The minimum Gasteiger partial charge on any atom is -0.396 e. The molecule has 0 spiro atoms. The number of piperidine rings is 1. The van der Waals surface area contributed by atoms with Gasteiger partial charge >= 0.3 is 0 Å². The molecule has 1 aliphatic rings. The fourth-order valence-electron chi connectivity index (χ4n) is 3.15. The van der Waals surface area contributed by atoms with E-state index in [1.54, 1.807) is 12.1 Å². The molecule has 0 radical (unpaired) electrons. The molecule has 0 bridgehead atoms. The quantitative estimate of drug-likeness (QED) is 0.861. The van der Waals surface area contributed by atoms with Gasteiger partial charge in [0, 0.05) is 43.1 Å². The maximum atomic E-state index is 13.6. The molecule has 1 aromatic carbocycles. The number of aliphatic hydroxyl groups is 1. The third-order valence-electron chi connectivity index (χ3n) is 4.32. The molecule has 0 saturated carbocycles. The number of aryl methyl sites for hydroxylation is 1. The molecule has 1 aromatic heterocycles. The topological polar surface area (TPSA) is 45.6 Å². The molecule has 5 heteroatoms. The molecule has 2 heterocycles. The molecule has 1 fully saturated rings. The van der Waals surface area contributed by atoms with Crippen LogP contribution < -0.4 is 4.90 Å². The van der Waals surface area contributed by atoms with Crippen molar-refractivity contribution in [3.05, 3.63) is 35.8 Å². The van der Waals surface area contributed by atoms with E-state index in [0.717, 1.165) is 48.2 Å². The Hall–Kier alpha value is -1.72. The number of hydrogen-bond donors (Lipinski definition) is 1. The number of hydrogen-bond acceptors (Lipinski definition) is 4. The monoisotopic (exact) mass is 318 g/mol. The normalized spacial score (nSPS) is 16.2. The van der Waals surface area contributed by atoms with Crippen LogP contribution in [0.3, 0.4) is 0 Å². The first-order valence-electron chi connectivity index (χ1n) is 8.21. The molecule has 0 aliphatic carbocycles. The molecule has 0 unspecified atom stereocenters. The standard InChI is InChI=1S/C18H23FN2O2/c1-13-11-18(16-12-14(19)3-4-17(16)20-13)21-7-5-15(6-8-21)23-10-2-9-22/h3-4,11-12,15,22H,2,5-10H2,1H3. The first-order chi connectivity index (χ1) is 11.2. The summed E-state index contributed by atoms with van der Waals surface area (Å²) in [6, 6.07) is 6.81. The van der Waals surface area contributed by atoms with Crippen LogP contribution in [-0.2, 0) is 4.74 Å². The predicted molar refractivity (Wildman–Crippen MR) is 89.3 cm³/mol. The Kier molecular flexibility index (Phi) is 5.08. The van der Waals surface area contributed by atoms with Gasteiger partial charge in [-0.2, -0.15) is 0 Å². The third kappa shape index (κ3) is 3.79. The van der Waals surface area contributed by atoms with E-state index < -0.39 is 0 Å². The van der Waals surface area contributed by atoms with E-state index in [4.69, 9.17) is 9.84 Å². The van der Waals surface area contributed by atoms with Gasteiger partial charge < -0.3 is 14.7 Å². The smallest absolute Gasteiger partial charge is 0.124 e. The van der Waals surface area contributed by atoms with Gasteiger partial charge in [0.25, 0.3) is 0 Å². The Labute approximate surface area is 135 Å². The van der Waals surface area contributed by atoms with Crippen LogP contribution in [0.5, 0.6) is 0 Å². The Balaban J connectivity index is 1.75. The van der Waals surface area contributed by atoms with Crippen LogP contribution in [0.2, 0.25) is 0 Å². The van der Waals surface area contributed by atoms with Crippen molar-refractivity contribution < 1.29 is 14.2 Å². The number of fused-ring (bicyclic) bond motifs is 1. The zero-order valence-corrected chi connectivity index (χ0v) is 13.5. The number of nitrogens with zero attached hydrogens (tertiary/aromatic N) is 2. The van der Waals surface area contributed by atoms with Gasteiger partial charge in [-0.1, -0.05) is 0 Å². The van der Waals surface area contributed by atoms with E-state index in [1.165, 1.54) is 6.07 Å².